The van der Waals surface area contributed by atoms with E-state index < -0.39 is 0 Å². The molecule has 16 heavy (non-hydrogen) atoms. The van der Waals surface area contributed by atoms with E-state index >= 15 is 0 Å². The van der Waals surface area contributed by atoms with E-state index in [1.54, 1.807) is 0 Å². The summed E-state index contributed by atoms with van der Waals surface area (Å²) in [6.07, 6.45) is 3.83. The van der Waals surface area contributed by atoms with Crippen LogP contribution < -0.4 is 10.6 Å². The van der Waals surface area contributed by atoms with Gasteiger partial charge in [-0.1, -0.05) is 28.9 Å². The van der Waals surface area contributed by atoms with Gasteiger partial charge in [0.2, 0.25) is 0 Å². The van der Waals surface area contributed by atoms with Crippen LogP contribution in [0, 0.1) is 0 Å². The summed E-state index contributed by atoms with van der Waals surface area (Å²) < 4.78 is 1.13. The molecule has 3 heteroatoms. The molecule has 1 aromatic rings. The highest BCUT2D eigenvalue weighted by molar-refractivity contribution is 9.10. The third kappa shape index (κ3) is 2.11. The Kier molecular flexibility index (Phi) is 3.87. The zero-order valence-electron chi connectivity index (χ0n) is 9.75. The largest absolute Gasteiger partial charge is 0.368 e. The molecule has 0 aliphatic carbocycles. The minimum absolute atomic E-state index is 0.601. The Morgan fingerprint density at radius 1 is 1.50 bits per heavy atom. The van der Waals surface area contributed by atoms with Crippen molar-refractivity contribution >= 4 is 21.6 Å². The molecule has 2 nitrogen and oxygen atoms in total. The first-order valence-corrected chi connectivity index (χ1v) is 6.81. The molecule has 2 rings (SSSR count). The molecule has 0 bridgehead atoms. The predicted molar refractivity (Wildman–Crippen MR) is 72.7 cm³/mol. The number of nitrogens with two attached hydrogens (primary N) is 1. The molecular formula is C13H19BrN2. The van der Waals surface area contributed by atoms with E-state index in [2.05, 4.69) is 46.0 Å². The molecule has 1 aromatic carbocycles. The van der Waals surface area contributed by atoms with E-state index in [-0.39, 0.29) is 0 Å². The fraction of sp³-hybridized carbons (Fsp3) is 0.538. The summed E-state index contributed by atoms with van der Waals surface area (Å²) in [6, 6.07) is 7.06. The van der Waals surface area contributed by atoms with Crippen LogP contribution in [0.3, 0.4) is 0 Å². The van der Waals surface area contributed by atoms with Crippen molar-refractivity contribution in [2.24, 2.45) is 5.73 Å². The van der Waals surface area contributed by atoms with Crippen LogP contribution in [0.1, 0.15) is 31.7 Å². The molecule has 0 spiro atoms. The maximum Gasteiger partial charge on any atom is 0.0425 e. The van der Waals surface area contributed by atoms with E-state index in [4.69, 9.17) is 5.73 Å². The Labute approximate surface area is 106 Å². The van der Waals surface area contributed by atoms with Crippen molar-refractivity contribution in [1.82, 2.24) is 0 Å². The van der Waals surface area contributed by atoms with Gasteiger partial charge in [0, 0.05) is 34.9 Å². The van der Waals surface area contributed by atoms with Crippen molar-refractivity contribution < 1.29 is 0 Å². The third-order valence-electron chi connectivity index (χ3n) is 3.46. The van der Waals surface area contributed by atoms with Gasteiger partial charge in [0.05, 0.1) is 0 Å². The SMILES string of the molecule is CCC1CCCN1c1cccc(Br)c1CN. The van der Waals surface area contributed by atoms with Gasteiger partial charge in [0.25, 0.3) is 0 Å². The van der Waals surface area contributed by atoms with Crippen LogP contribution in [-0.4, -0.2) is 12.6 Å². The van der Waals surface area contributed by atoms with E-state index in [9.17, 15) is 0 Å². The fourth-order valence-corrected chi connectivity index (χ4v) is 3.11. The predicted octanol–water partition coefficient (Wildman–Crippen LogP) is 3.29. The van der Waals surface area contributed by atoms with Crippen molar-refractivity contribution in [2.75, 3.05) is 11.4 Å². The third-order valence-corrected chi connectivity index (χ3v) is 4.20. The zero-order chi connectivity index (χ0) is 11.5. The maximum atomic E-state index is 5.85. The number of nitrogens with zero attached hydrogens (tertiary/aromatic N) is 1. The lowest BCUT2D eigenvalue weighted by Gasteiger charge is -2.28. The second-order valence-corrected chi connectivity index (χ2v) is 5.19. The van der Waals surface area contributed by atoms with Crippen molar-refractivity contribution in [3.05, 3.63) is 28.2 Å². The number of halogens is 1. The molecule has 1 saturated heterocycles. The lowest BCUT2D eigenvalue weighted by Crippen LogP contribution is -2.29. The van der Waals surface area contributed by atoms with Crippen LogP contribution in [0.25, 0.3) is 0 Å². The standard InChI is InChI=1S/C13H19BrN2/c1-2-10-5-4-8-16(10)13-7-3-6-12(14)11(13)9-15/h3,6-7,10H,2,4-5,8-9,15H2,1H3. The van der Waals surface area contributed by atoms with E-state index in [1.165, 1.54) is 37.1 Å². The van der Waals surface area contributed by atoms with Gasteiger partial charge in [-0.05, 0) is 31.4 Å². The monoisotopic (exact) mass is 282 g/mol. The molecule has 88 valence electrons. The van der Waals surface area contributed by atoms with Crippen molar-refractivity contribution in [2.45, 2.75) is 38.8 Å². The topological polar surface area (TPSA) is 29.3 Å². The van der Waals surface area contributed by atoms with E-state index in [0.717, 1.165) is 4.47 Å². The van der Waals surface area contributed by atoms with Crippen molar-refractivity contribution in [3.63, 3.8) is 0 Å². The summed E-state index contributed by atoms with van der Waals surface area (Å²) in [7, 11) is 0. The molecule has 1 fully saturated rings. The minimum Gasteiger partial charge on any atom is -0.368 e. The Morgan fingerprint density at radius 3 is 3.00 bits per heavy atom. The Morgan fingerprint density at radius 2 is 2.31 bits per heavy atom. The number of benzene rings is 1. The minimum atomic E-state index is 0.601. The molecule has 1 atom stereocenters. The molecule has 2 N–H and O–H groups in total. The van der Waals surface area contributed by atoms with Crippen molar-refractivity contribution in [1.29, 1.82) is 0 Å². The molecule has 0 saturated carbocycles. The smallest absolute Gasteiger partial charge is 0.0425 e. The number of anilines is 1. The highest BCUT2D eigenvalue weighted by Gasteiger charge is 2.24. The summed E-state index contributed by atoms with van der Waals surface area (Å²) in [5.74, 6) is 0. The van der Waals surface area contributed by atoms with Gasteiger partial charge < -0.3 is 10.6 Å². The number of rotatable bonds is 3. The maximum absolute atomic E-state index is 5.85. The second-order valence-electron chi connectivity index (χ2n) is 4.34. The molecular weight excluding hydrogens is 264 g/mol. The Balaban J connectivity index is 2.35. The quantitative estimate of drug-likeness (QED) is 0.922. The summed E-state index contributed by atoms with van der Waals surface area (Å²) in [4.78, 5) is 2.52. The van der Waals surface area contributed by atoms with Gasteiger partial charge >= 0.3 is 0 Å². The van der Waals surface area contributed by atoms with Gasteiger partial charge in [-0.25, -0.2) is 0 Å². The van der Waals surface area contributed by atoms with Gasteiger partial charge in [-0.15, -0.1) is 0 Å². The van der Waals surface area contributed by atoms with Crippen LogP contribution in [0.4, 0.5) is 5.69 Å². The van der Waals surface area contributed by atoms with Gasteiger partial charge in [0.1, 0.15) is 0 Å². The zero-order valence-corrected chi connectivity index (χ0v) is 11.3. The van der Waals surface area contributed by atoms with Crippen LogP contribution in [0.15, 0.2) is 22.7 Å². The molecule has 0 amide bonds. The Hall–Kier alpha value is -0.540. The van der Waals surface area contributed by atoms with Crippen LogP contribution in [0.2, 0.25) is 0 Å². The lowest BCUT2D eigenvalue weighted by atomic mass is 10.1. The first-order chi connectivity index (χ1) is 7.77. The average molecular weight is 283 g/mol. The second kappa shape index (κ2) is 5.19. The highest BCUT2D eigenvalue weighted by Crippen LogP contribution is 2.33. The van der Waals surface area contributed by atoms with Crippen LogP contribution in [0.5, 0.6) is 0 Å². The summed E-state index contributed by atoms with van der Waals surface area (Å²) in [5.41, 5.74) is 8.41. The molecule has 1 heterocycles. The van der Waals surface area contributed by atoms with Crippen molar-refractivity contribution in [3.8, 4) is 0 Å². The van der Waals surface area contributed by atoms with E-state index in [0.29, 0.717) is 12.6 Å². The summed E-state index contributed by atoms with van der Waals surface area (Å²) >= 11 is 3.59. The normalized spacial score (nSPS) is 20.4. The fourth-order valence-electron chi connectivity index (χ4n) is 2.60. The Bertz CT molecular complexity index is 365. The first kappa shape index (κ1) is 11.9. The molecule has 1 aliphatic heterocycles. The highest BCUT2D eigenvalue weighted by atomic mass is 79.9. The van der Waals surface area contributed by atoms with Gasteiger partial charge in [0.15, 0.2) is 0 Å². The first-order valence-electron chi connectivity index (χ1n) is 6.02. The van der Waals surface area contributed by atoms with Gasteiger partial charge in [-0.3, -0.25) is 0 Å². The molecule has 1 aliphatic rings. The van der Waals surface area contributed by atoms with Gasteiger partial charge in [-0.2, -0.15) is 0 Å². The molecule has 0 radical (unpaired) electrons. The number of hydrogen-bond donors (Lipinski definition) is 1. The average Bonchev–Trinajstić information content (AvgIpc) is 2.76. The van der Waals surface area contributed by atoms with E-state index in [1.807, 2.05) is 0 Å². The lowest BCUT2D eigenvalue weighted by molar-refractivity contribution is 0.643. The van der Waals surface area contributed by atoms with Crippen LogP contribution >= 0.6 is 15.9 Å². The van der Waals surface area contributed by atoms with Crippen LogP contribution in [-0.2, 0) is 6.54 Å². The number of hydrogen-bond acceptors (Lipinski definition) is 2. The summed E-state index contributed by atoms with van der Waals surface area (Å²) in [6.45, 7) is 4.04. The molecule has 1 unspecified atom stereocenters. The summed E-state index contributed by atoms with van der Waals surface area (Å²) in [5, 5.41) is 0. The molecule has 0 aromatic heterocycles.